The number of pyridine rings is 1. The lowest BCUT2D eigenvalue weighted by molar-refractivity contribution is 0.532. The molecule has 0 saturated heterocycles. The van der Waals surface area contributed by atoms with Gasteiger partial charge in [-0.25, -0.2) is 0 Å². The Labute approximate surface area is 100 Å². The Morgan fingerprint density at radius 2 is 2.00 bits per heavy atom. The molecule has 2 heterocycles. The van der Waals surface area contributed by atoms with Crippen LogP contribution in [0.5, 0.6) is 0 Å². The highest BCUT2D eigenvalue weighted by molar-refractivity contribution is 7.99. The summed E-state index contributed by atoms with van der Waals surface area (Å²) < 4.78 is 2.16. The molecule has 0 aromatic carbocycles. The summed E-state index contributed by atoms with van der Waals surface area (Å²) in [5.41, 5.74) is 0.951. The quantitative estimate of drug-likeness (QED) is 0.749. The van der Waals surface area contributed by atoms with Crippen LogP contribution in [0.15, 0.2) is 23.2 Å². The van der Waals surface area contributed by atoms with Gasteiger partial charge in [0, 0.05) is 5.41 Å². The van der Waals surface area contributed by atoms with Crippen molar-refractivity contribution in [3.63, 3.8) is 0 Å². The average molecular weight is 235 g/mol. The first kappa shape index (κ1) is 11.5. The predicted octanol–water partition coefficient (Wildman–Crippen LogP) is 3.14. The van der Waals surface area contributed by atoms with Gasteiger partial charge in [0.2, 0.25) is 0 Å². The van der Waals surface area contributed by atoms with Gasteiger partial charge < -0.3 is 0 Å². The molecule has 4 heteroatoms. The van der Waals surface area contributed by atoms with Crippen molar-refractivity contribution in [2.45, 2.75) is 38.1 Å². The minimum atomic E-state index is 0.0177. The lowest BCUT2D eigenvalue weighted by Crippen LogP contribution is -2.16. The van der Waals surface area contributed by atoms with Gasteiger partial charge >= 0.3 is 0 Å². The highest BCUT2D eigenvalue weighted by atomic mass is 32.2. The van der Waals surface area contributed by atoms with Crippen LogP contribution in [0, 0.1) is 0 Å². The van der Waals surface area contributed by atoms with Crippen LogP contribution in [0.4, 0.5) is 0 Å². The molecule has 0 amide bonds. The van der Waals surface area contributed by atoms with Crippen molar-refractivity contribution in [2.24, 2.45) is 0 Å². The van der Waals surface area contributed by atoms with E-state index in [1.165, 1.54) is 5.03 Å². The lowest BCUT2D eigenvalue weighted by atomic mass is 9.96. The van der Waals surface area contributed by atoms with Crippen molar-refractivity contribution in [1.82, 2.24) is 14.6 Å². The molecule has 2 aromatic heterocycles. The SMILES string of the molecule is CCSc1cccc2nnc(C(C)(C)C)n12. The van der Waals surface area contributed by atoms with E-state index in [0.29, 0.717) is 0 Å². The molecule has 0 aliphatic carbocycles. The zero-order chi connectivity index (χ0) is 11.8. The first-order chi connectivity index (χ1) is 7.54. The van der Waals surface area contributed by atoms with Gasteiger partial charge in [-0.2, -0.15) is 0 Å². The Hall–Kier alpha value is -1.03. The van der Waals surface area contributed by atoms with Crippen LogP contribution in [-0.4, -0.2) is 20.4 Å². The molecule has 0 N–H and O–H groups in total. The number of thioether (sulfide) groups is 1. The van der Waals surface area contributed by atoms with Crippen LogP contribution in [0.25, 0.3) is 5.65 Å². The molecule has 2 aromatic rings. The molecule has 0 radical (unpaired) electrons. The van der Waals surface area contributed by atoms with Gasteiger partial charge in [-0.1, -0.05) is 33.8 Å². The number of hydrogen-bond acceptors (Lipinski definition) is 3. The van der Waals surface area contributed by atoms with Crippen LogP contribution in [0.1, 0.15) is 33.5 Å². The molecule has 0 saturated carbocycles. The van der Waals surface area contributed by atoms with Crippen molar-refractivity contribution in [3.05, 3.63) is 24.0 Å². The Bertz CT molecular complexity index is 496. The van der Waals surface area contributed by atoms with E-state index in [1.54, 1.807) is 0 Å². The first-order valence-electron chi connectivity index (χ1n) is 5.51. The summed E-state index contributed by atoms with van der Waals surface area (Å²) >= 11 is 1.82. The standard InChI is InChI=1S/C12H17N3S/c1-5-16-10-8-6-7-9-13-14-11(15(9)10)12(2,3)4/h6-8H,5H2,1-4H3. The fourth-order valence-corrected chi connectivity index (χ4v) is 2.44. The van der Waals surface area contributed by atoms with Gasteiger partial charge in [0.15, 0.2) is 5.65 Å². The molecule has 0 fully saturated rings. The summed E-state index contributed by atoms with van der Waals surface area (Å²) in [5.74, 6) is 2.08. The van der Waals surface area contributed by atoms with Crippen molar-refractivity contribution in [3.8, 4) is 0 Å². The molecule has 2 rings (SSSR count). The van der Waals surface area contributed by atoms with E-state index in [2.05, 4.69) is 48.4 Å². The predicted molar refractivity (Wildman–Crippen MR) is 68.1 cm³/mol. The van der Waals surface area contributed by atoms with Gasteiger partial charge in [0.25, 0.3) is 0 Å². The Kier molecular flexibility index (Phi) is 2.93. The molecule has 86 valence electrons. The second kappa shape index (κ2) is 4.09. The maximum atomic E-state index is 4.31. The van der Waals surface area contributed by atoms with Gasteiger partial charge in [-0.05, 0) is 17.9 Å². The van der Waals surface area contributed by atoms with Gasteiger partial charge in [0.05, 0.1) is 5.03 Å². The highest BCUT2D eigenvalue weighted by Gasteiger charge is 2.22. The molecule has 0 atom stereocenters. The van der Waals surface area contributed by atoms with Crippen molar-refractivity contribution in [1.29, 1.82) is 0 Å². The van der Waals surface area contributed by atoms with Crippen LogP contribution >= 0.6 is 11.8 Å². The minimum Gasteiger partial charge on any atom is -0.273 e. The fourth-order valence-electron chi connectivity index (χ4n) is 1.66. The monoisotopic (exact) mass is 235 g/mol. The average Bonchev–Trinajstić information content (AvgIpc) is 2.62. The van der Waals surface area contributed by atoms with E-state index >= 15 is 0 Å². The molecule has 0 bridgehead atoms. The smallest absolute Gasteiger partial charge is 0.161 e. The minimum absolute atomic E-state index is 0.0177. The van der Waals surface area contributed by atoms with Gasteiger partial charge in [0.1, 0.15) is 5.82 Å². The maximum Gasteiger partial charge on any atom is 0.161 e. The van der Waals surface area contributed by atoms with Crippen molar-refractivity contribution < 1.29 is 0 Å². The summed E-state index contributed by atoms with van der Waals surface area (Å²) in [5, 5.41) is 9.75. The van der Waals surface area contributed by atoms with Gasteiger partial charge in [-0.15, -0.1) is 22.0 Å². The molecule has 0 aliphatic heterocycles. The van der Waals surface area contributed by atoms with Crippen molar-refractivity contribution >= 4 is 17.4 Å². The summed E-state index contributed by atoms with van der Waals surface area (Å²) in [4.78, 5) is 0. The zero-order valence-electron chi connectivity index (χ0n) is 10.2. The molecular weight excluding hydrogens is 218 g/mol. The molecule has 0 unspecified atom stereocenters. The number of aromatic nitrogens is 3. The summed E-state index contributed by atoms with van der Waals surface area (Å²) in [7, 11) is 0. The normalized spacial score (nSPS) is 12.2. The van der Waals surface area contributed by atoms with E-state index in [-0.39, 0.29) is 5.41 Å². The summed E-state index contributed by atoms with van der Waals surface area (Å²) in [6.45, 7) is 8.65. The Morgan fingerprint density at radius 1 is 1.25 bits per heavy atom. The molecule has 3 nitrogen and oxygen atoms in total. The molecule has 0 aliphatic rings. The van der Waals surface area contributed by atoms with Crippen LogP contribution in [-0.2, 0) is 5.41 Å². The van der Waals surface area contributed by atoms with E-state index in [0.717, 1.165) is 17.2 Å². The van der Waals surface area contributed by atoms with Crippen LogP contribution in [0.2, 0.25) is 0 Å². The highest BCUT2D eigenvalue weighted by Crippen LogP contribution is 2.26. The molecule has 0 spiro atoms. The zero-order valence-corrected chi connectivity index (χ0v) is 11.0. The van der Waals surface area contributed by atoms with E-state index in [9.17, 15) is 0 Å². The lowest BCUT2D eigenvalue weighted by Gasteiger charge is -2.17. The Balaban J connectivity index is 2.68. The maximum absolute atomic E-state index is 4.31. The Morgan fingerprint density at radius 3 is 2.62 bits per heavy atom. The molecular formula is C12H17N3S. The largest absolute Gasteiger partial charge is 0.273 e. The summed E-state index contributed by atoms with van der Waals surface area (Å²) in [6, 6.07) is 6.16. The van der Waals surface area contributed by atoms with E-state index in [4.69, 9.17) is 0 Å². The van der Waals surface area contributed by atoms with Gasteiger partial charge in [-0.3, -0.25) is 4.40 Å². The fraction of sp³-hybridized carbons (Fsp3) is 0.500. The second-order valence-electron chi connectivity index (χ2n) is 4.76. The van der Waals surface area contributed by atoms with Crippen molar-refractivity contribution in [2.75, 3.05) is 5.75 Å². The third-order valence-corrected chi connectivity index (χ3v) is 3.26. The number of rotatable bonds is 2. The second-order valence-corrected chi connectivity index (χ2v) is 6.05. The third-order valence-electron chi connectivity index (χ3n) is 2.36. The number of nitrogens with zero attached hydrogens (tertiary/aromatic N) is 3. The van der Waals surface area contributed by atoms with E-state index in [1.807, 2.05) is 23.9 Å². The van der Waals surface area contributed by atoms with E-state index < -0.39 is 0 Å². The third kappa shape index (κ3) is 1.94. The number of fused-ring (bicyclic) bond motifs is 1. The summed E-state index contributed by atoms with van der Waals surface area (Å²) in [6.07, 6.45) is 0. The molecule has 16 heavy (non-hydrogen) atoms. The van der Waals surface area contributed by atoms with Crippen LogP contribution < -0.4 is 0 Å². The number of hydrogen-bond donors (Lipinski definition) is 0. The van der Waals surface area contributed by atoms with Crippen LogP contribution in [0.3, 0.4) is 0 Å². The topological polar surface area (TPSA) is 30.2 Å². The first-order valence-corrected chi connectivity index (χ1v) is 6.50.